The zero-order chi connectivity index (χ0) is 25.6. The minimum atomic E-state index is -0.540. The van der Waals surface area contributed by atoms with Gasteiger partial charge in [-0.15, -0.1) is 0 Å². The van der Waals surface area contributed by atoms with Crippen LogP contribution in [0.1, 0.15) is 58.5 Å². The lowest BCUT2D eigenvalue weighted by Gasteiger charge is -2.34. The lowest BCUT2D eigenvalue weighted by Crippen LogP contribution is -2.31. The maximum absolute atomic E-state index is 12.4. The predicted molar refractivity (Wildman–Crippen MR) is 136 cm³/mol. The van der Waals surface area contributed by atoms with E-state index >= 15 is 0 Å². The number of amides is 1. The summed E-state index contributed by atoms with van der Waals surface area (Å²) in [5.41, 5.74) is 5.79. The fourth-order valence-electron chi connectivity index (χ4n) is 4.83. The number of nitrogens with one attached hydrogen (secondary N) is 1. The van der Waals surface area contributed by atoms with E-state index in [9.17, 15) is 4.79 Å². The van der Waals surface area contributed by atoms with Crippen LogP contribution in [0.3, 0.4) is 0 Å². The van der Waals surface area contributed by atoms with Crippen molar-refractivity contribution in [2.24, 2.45) is 0 Å². The second-order valence-corrected chi connectivity index (χ2v) is 9.22. The number of ether oxygens (including phenoxy) is 1. The number of carbonyl (C=O) groups excluding carboxylic acids is 1. The van der Waals surface area contributed by atoms with Gasteiger partial charge in [-0.25, -0.2) is 19.7 Å². The lowest BCUT2D eigenvalue weighted by molar-refractivity contribution is 0.142. The van der Waals surface area contributed by atoms with Crippen molar-refractivity contribution in [3.63, 3.8) is 0 Å². The summed E-state index contributed by atoms with van der Waals surface area (Å²) >= 11 is 0. The monoisotopic (exact) mass is 498 g/mol. The van der Waals surface area contributed by atoms with Crippen LogP contribution >= 0.6 is 0 Å². The van der Waals surface area contributed by atoms with Crippen molar-refractivity contribution in [1.82, 2.24) is 30.2 Å². The smallest absolute Gasteiger partial charge is 0.412 e. The summed E-state index contributed by atoms with van der Waals surface area (Å²) in [6.07, 6.45) is 9.26. The number of aryl methyl sites for hydroxylation is 3. The number of hydrogen-bond donors (Lipinski definition) is 1. The van der Waals surface area contributed by atoms with Gasteiger partial charge in [0, 0.05) is 19.3 Å². The number of oxazole rings is 1. The molecule has 1 amide bonds. The first kappa shape index (κ1) is 24.6. The third-order valence-corrected chi connectivity index (χ3v) is 6.60. The van der Waals surface area contributed by atoms with Gasteiger partial charge in [0.25, 0.3) is 0 Å². The predicted octanol–water partition coefficient (Wildman–Crippen LogP) is 4.84. The Hall–Kier alpha value is -4.11. The van der Waals surface area contributed by atoms with Crippen molar-refractivity contribution in [3.05, 3.63) is 101 Å². The van der Waals surface area contributed by atoms with Gasteiger partial charge in [-0.1, -0.05) is 30.3 Å². The van der Waals surface area contributed by atoms with E-state index in [-0.39, 0.29) is 6.04 Å². The van der Waals surface area contributed by atoms with Crippen molar-refractivity contribution < 1.29 is 13.9 Å². The first-order valence-corrected chi connectivity index (χ1v) is 12.4. The molecule has 0 bridgehead atoms. The van der Waals surface area contributed by atoms with Gasteiger partial charge >= 0.3 is 6.09 Å². The second kappa shape index (κ2) is 11.3. The highest BCUT2D eigenvalue weighted by Crippen LogP contribution is 2.34. The summed E-state index contributed by atoms with van der Waals surface area (Å²) in [5.74, 6) is 1.07. The highest BCUT2D eigenvalue weighted by atomic mass is 16.6. The summed E-state index contributed by atoms with van der Waals surface area (Å²) in [6.45, 7) is 5.18. The Balaban J connectivity index is 1.29. The van der Waals surface area contributed by atoms with Crippen LogP contribution in [0.5, 0.6) is 5.75 Å². The van der Waals surface area contributed by atoms with E-state index in [2.05, 4.69) is 43.4 Å². The molecule has 3 aromatic heterocycles. The molecule has 0 saturated carbocycles. The Morgan fingerprint density at radius 1 is 1.05 bits per heavy atom. The first-order valence-electron chi connectivity index (χ1n) is 12.4. The summed E-state index contributed by atoms with van der Waals surface area (Å²) in [7, 11) is 0. The Labute approximate surface area is 216 Å². The number of aromatic nitrogens is 4. The Morgan fingerprint density at radius 2 is 1.89 bits per heavy atom. The molecule has 0 spiro atoms. The normalized spacial score (nSPS) is 14.8. The third-order valence-electron chi connectivity index (χ3n) is 6.60. The molecule has 0 saturated heterocycles. The average molecular weight is 499 g/mol. The Bertz CT molecular complexity index is 1340. The second-order valence-electron chi connectivity index (χ2n) is 9.22. The molecule has 9 nitrogen and oxygen atoms in total. The van der Waals surface area contributed by atoms with Gasteiger partial charge < -0.3 is 14.5 Å². The number of pyridine rings is 1. The average Bonchev–Trinajstić information content (AvgIpc) is 3.42. The van der Waals surface area contributed by atoms with Crippen LogP contribution in [0.15, 0.2) is 65.8 Å². The molecule has 1 atom stereocenters. The zero-order valence-electron chi connectivity index (χ0n) is 21.1. The van der Waals surface area contributed by atoms with Crippen LogP contribution in [0.4, 0.5) is 4.79 Å². The molecule has 3 heterocycles. The van der Waals surface area contributed by atoms with E-state index in [1.165, 1.54) is 11.9 Å². The van der Waals surface area contributed by atoms with Crippen LogP contribution in [0.2, 0.25) is 0 Å². The molecule has 190 valence electrons. The number of hydrogen-bond acceptors (Lipinski definition) is 8. The highest BCUT2D eigenvalue weighted by Gasteiger charge is 2.28. The third kappa shape index (κ3) is 6.00. The van der Waals surface area contributed by atoms with Crippen LogP contribution in [0, 0.1) is 13.8 Å². The molecular formula is C28H30N6O3. The molecule has 1 aliphatic carbocycles. The molecular weight excluding hydrogens is 468 g/mol. The number of benzene rings is 1. The molecule has 1 aromatic carbocycles. The SMILES string of the molecule is Cc1ncnc(C)c1OC(=O)NCc1cccc(CN(Cc2ncco2)C2CCCc3cccnc32)c1. The van der Waals surface area contributed by atoms with Crippen molar-refractivity contribution in [2.45, 2.75) is 58.8 Å². The van der Waals surface area contributed by atoms with Crippen molar-refractivity contribution >= 4 is 6.09 Å². The number of nitrogens with zero attached hydrogens (tertiary/aromatic N) is 5. The molecule has 4 aromatic rings. The van der Waals surface area contributed by atoms with E-state index in [0.717, 1.165) is 36.1 Å². The molecule has 5 rings (SSSR count). The standard InChI is InChI=1S/C28H30N6O3/c1-19-27(20(2)33-18-32-19)37-28(35)31-15-21-6-3-7-22(14-21)16-34(17-25-29-12-13-36-25)24-10-4-8-23-9-5-11-30-26(23)24/h3,5-7,9,11-14,18,24H,4,8,10,15-17H2,1-2H3,(H,31,35). The van der Waals surface area contributed by atoms with Gasteiger partial charge in [0.05, 0.1) is 35.9 Å². The van der Waals surface area contributed by atoms with Gasteiger partial charge in [-0.3, -0.25) is 9.88 Å². The summed E-state index contributed by atoms with van der Waals surface area (Å²) < 4.78 is 11.0. The topological polar surface area (TPSA) is 106 Å². The minimum absolute atomic E-state index is 0.174. The van der Waals surface area contributed by atoms with Crippen LogP contribution in [0.25, 0.3) is 0 Å². The lowest BCUT2D eigenvalue weighted by atomic mass is 9.90. The fraction of sp³-hybridized carbons (Fsp3) is 0.321. The Kier molecular flexibility index (Phi) is 7.51. The number of rotatable bonds is 8. The molecule has 1 N–H and O–H groups in total. The quantitative estimate of drug-likeness (QED) is 0.368. The van der Waals surface area contributed by atoms with E-state index in [1.807, 2.05) is 24.4 Å². The molecule has 1 aliphatic rings. The van der Waals surface area contributed by atoms with Crippen LogP contribution in [-0.2, 0) is 26.1 Å². The number of carbonyl (C=O) groups is 1. The molecule has 0 radical (unpaired) electrons. The highest BCUT2D eigenvalue weighted by molar-refractivity contribution is 5.70. The fourth-order valence-corrected chi connectivity index (χ4v) is 4.83. The van der Waals surface area contributed by atoms with Crippen molar-refractivity contribution in [1.29, 1.82) is 0 Å². The maximum Gasteiger partial charge on any atom is 0.412 e. The van der Waals surface area contributed by atoms with Gasteiger partial charge in [0.2, 0.25) is 5.89 Å². The minimum Gasteiger partial charge on any atom is -0.448 e. The van der Waals surface area contributed by atoms with Gasteiger partial charge in [0.1, 0.15) is 12.6 Å². The van der Waals surface area contributed by atoms with Crippen molar-refractivity contribution in [3.8, 4) is 5.75 Å². The van der Waals surface area contributed by atoms with Gasteiger partial charge in [0.15, 0.2) is 5.75 Å². The molecule has 37 heavy (non-hydrogen) atoms. The van der Waals surface area contributed by atoms with E-state index < -0.39 is 6.09 Å². The van der Waals surface area contributed by atoms with E-state index in [0.29, 0.717) is 42.7 Å². The van der Waals surface area contributed by atoms with E-state index in [1.54, 1.807) is 26.3 Å². The molecule has 1 unspecified atom stereocenters. The Morgan fingerprint density at radius 3 is 2.70 bits per heavy atom. The van der Waals surface area contributed by atoms with E-state index in [4.69, 9.17) is 14.1 Å². The van der Waals surface area contributed by atoms with Gasteiger partial charge in [-0.2, -0.15) is 0 Å². The van der Waals surface area contributed by atoms with Gasteiger partial charge in [-0.05, 0) is 55.9 Å². The van der Waals surface area contributed by atoms with Crippen molar-refractivity contribution in [2.75, 3.05) is 0 Å². The van der Waals surface area contributed by atoms with Crippen LogP contribution < -0.4 is 10.1 Å². The zero-order valence-corrected chi connectivity index (χ0v) is 21.1. The molecule has 9 heteroatoms. The summed E-state index contributed by atoms with van der Waals surface area (Å²) in [6, 6.07) is 12.6. The molecule has 0 fully saturated rings. The summed E-state index contributed by atoms with van der Waals surface area (Å²) in [5, 5.41) is 2.83. The number of fused-ring (bicyclic) bond motifs is 1. The maximum atomic E-state index is 12.4. The van der Waals surface area contributed by atoms with Crippen LogP contribution in [-0.4, -0.2) is 30.9 Å². The first-order chi connectivity index (χ1) is 18.1. The summed E-state index contributed by atoms with van der Waals surface area (Å²) in [4.78, 5) is 32.1. The molecule has 0 aliphatic heterocycles. The largest absolute Gasteiger partial charge is 0.448 e.